The van der Waals surface area contributed by atoms with E-state index in [1.807, 2.05) is 83.1 Å². The van der Waals surface area contributed by atoms with Crippen molar-refractivity contribution in [3.63, 3.8) is 0 Å². The van der Waals surface area contributed by atoms with E-state index in [-0.39, 0.29) is 6.04 Å². The summed E-state index contributed by atoms with van der Waals surface area (Å²) in [6.07, 6.45) is 1.72. The summed E-state index contributed by atoms with van der Waals surface area (Å²) in [4.78, 5) is 15.3. The smallest absolute Gasteiger partial charge is 0.425 e. The molecule has 180 valence electrons. The van der Waals surface area contributed by atoms with Crippen LogP contribution in [0.5, 0.6) is 5.75 Å². The number of carbonyl (C=O) groups excluding carboxylic acids is 1. The molecule has 0 bridgehead atoms. The Bertz CT molecular complexity index is 911. The van der Waals surface area contributed by atoms with Crippen molar-refractivity contribution in [1.29, 1.82) is 0 Å². The van der Waals surface area contributed by atoms with E-state index in [1.165, 1.54) is 0 Å². The molecule has 1 unspecified atom stereocenters. The third-order valence-corrected chi connectivity index (χ3v) is 4.94. The highest BCUT2D eigenvalue weighted by Crippen LogP contribution is 2.18. The first-order chi connectivity index (χ1) is 15.8. The van der Waals surface area contributed by atoms with Gasteiger partial charge in [-0.15, -0.1) is 23.2 Å². The highest BCUT2D eigenvalue weighted by molar-refractivity contribution is 6.44. The molecule has 1 atom stereocenters. The zero-order valence-corrected chi connectivity index (χ0v) is 21.8. The Morgan fingerprint density at radius 2 is 1.67 bits per heavy atom. The van der Waals surface area contributed by atoms with Gasteiger partial charge in [0.2, 0.25) is 0 Å². The molecular formula is C25H31Cl3N2O3. The van der Waals surface area contributed by atoms with Gasteiger partial charge in [0.15, 0.2) is 0 Å². The van der Waals surface area contributed by atoms with Crippen LogP contribution in [-0.2, 0) is 10.7 Å². The minimum Gasteiger partial charge on any atom is -0.489 e. The number of rotatable bonds is 9. The second kappa shape index (κ2) is 15.6. The maximum atomic E-state index is 11.2. The fourth-order valence-electron chi connectivity index (χ4n) is 2.71. The molecule has 0 aliphatic heterocycles. The fraction of sp³-hybridized carbons (Fsp3) is 0.360. The van der Waals surface area contributed by atoms with Gasteiger partial charge >= 0.3 is 6.09 Å². The lowest BCUT2D eigenvalue weighted by atomic mass is 10.1. The molecule has 0 fully saturated rings. The monoisotopic (exact) mass is 512 g/mol. The van der Waals surface area contributed by atoms with Gasteiger partial charge in [0.1, 0.15) is 29.1 Å². The molecule has 5 nitrogen and oxygen atoms in total. The highest BCUT2D eigenvalue weighted by Gasteiger charge is 2.10. The topological polar surface area (TPSA) is 59.9 Å². The number of halogens is 3. The quantitative estimate of drug-likeness (QED) is 0.275. The molecule has 2 rings (SSSR count). The molecule has 33 heavy (non-hydrogen) atoms. The van der Waals surface area contributed by atoms with Crippen molar-refractivity contribution >= 4 is 46.9 Å². The second-order valence-corrected chi connectivity index (χ2v) is 8.50. The highest BCUT2D eigenvalue weighted by atomic mass is 35.5. The number of alkyl halides is 2. The van der Waals surface area contributed by atoms with Crippen LogP contribution >= 0.6 is 35.1 Å². The van der Waals surface area contributed by atoms with Crippen LogP contribution < -0.4 is 10.1 Å². The molecule has 1 amide bonds. The Hall–Kier alpha value is -2.21. The molecule has 0 aliphatic rings. The van der Waals surface area contributed by atoms with E-state index < -0.39 is 10.9 Å². The summed E-state index contributed by atoms with van der Waals surface area (Å²) in [5.74, 6) is 0.719. The van der Waals surface area contributed by atoms with Crippen molar-refractivity contribution in [3.05, 3.63) is 77.0 Å². The maximum absolute atomic E-state index is 11.2. The summed E-state index contributed by atoms with van der Waals surface area (Å²) >= 11 is 16.7. The molecule has 0 saturated carbocycles. The predicted octanol–water partition coefficient (Wildman–Crippen LogP) is 7.79. The molecule has 0 heterocycles. The number of benzene rings is 2. The molecule has 0 aromatic heterocycles. The Balaban J connectivity index is 0.00000265. The summed E-state index contributed by atoms with van der Waals surface area (Å²) in [6.45, 7) is 10.2. The first kappa shape index (κ1) is 28.8. The molecular weight excluding hydrogens is 483 g/mol. The number of nitrogens with one attached hydrogen (secondary N) is 1. The predicted molar refractivity (Wildman–Crippen MR) is 139 cm³/mol. The number of hydrogen-bond donors (Lipinski definition) is 1. The molecule has 0 radical (unpaired) electrons. The van der Waals surface area contributed by atoms with E-state index in [4.69, 9.17) is 39.8 Å². The standard InChI is InChI=1S/C23H25Cl3N2O3.C2H6/c1-15(13-27-16(2)19-6-4-18(5-7-19)12-22(24)25)14-30-21-10-8-20(9-11-21)17(3)28-23(29)31-26;1-2/h4-11,13,17,22H,12,14H2,1-3H3,(H,28,29);1-2H3/b15-13+,27-16?;. The number of aliphatic imine (C=N–C) groups is 1. The SMILES string of the molecule is CC.CC(=N/C=C(\C)COc1ccc(C(C)NC(=O)OCl)cc1)c1ccc(CC(Cl)Cl)cc1. The Kier molecular flexibility index (Phi) is 13.6. The van der Waals surface area contributed by atoms with Crippen molar-refractivity contribution in [3.8, 4) is 5.75 Å². The van der Waals surface area contributed by atoms with Gasteiger partial charge in [-0.1, -0.05) is 50.2 Å². The normalized spacial score (nSPS) is 12.5. The van der Waals surface area contributed by atoms with E-state index in [0.717, 1.165) is 33.7 Å². The average Bonchev–Trinajstić information content (AvgIpc) is 2.82. The van der Waals surface area contributed by atoms with Crippen LogP contribution in [0.25, 0.3) is 0 Å². The first-order valence-electron chi connectivity index (χ1n) is 10.7. The average molecular weight is 514 g/mol. The zero-order valence-electron chi connectivity index (χ0n) is 19.6. The van der Waals surface area contributed by atoms with E-state index in [2.05, 4.69) is 14.6 Å². The Morgan fingerprint density at radius 1 is 1.06 bits per heavy atom. The van der Waals surface area contributed by atoms with Gasteiger partial charge in [-0.3, -0.25) is 4.99 Å². The first-order valence-corrected chi connectivity index (χ1v) is 11.9. The third-order valence-electron chi connectivity index (χ3n) is 4.49. The lowest BCUT2D eigenvalue weighted by molar-refractivity contribution is 0.201. The third kappa shape index (κ3) is 11.0. The fourth-order valence-corrected chi connectivity index (χ4v) is 3.11. The molecule has 2 aromatic carbocycles. The number of amides is 1. The summed E-state index contributed by atoms with van der Waals surface area (Å²) in [6, 6.07) is 15.2. The van der Waals surface area contributed by atoms with Crippen LogP contribution in [-0.4, -0.2) is 23.2 Å². The molecule has 8 heteroatoms. The molecule has 0 saturated heterocycles. The number of nitrogens with zero attached hydrogens (tertiary/aromatic N) is 1. The van der Waals surface area contributed by atoms with Crippen molar-refractivity contribution in [2.24, 2.45) is 4.99 Å². The van der Waals surface area contributed by atoms with Crippen molar-refractivity contribution in [2.45, 2.75) is 51.9 Å². The Morgan fingerprint density at radius 3 is 2.21 bits per heavy atom. The van der Waals surface area contributed by atoms with E-state index in [0.29, 0.717) is 13.0 Å². The lowest BCUT2D eigenvalue weighted by Gasteiger charge is -2.13. The van der Waals surface area contributed by atoms with Gasteiger partial charge in [0, 0.05) is 18.3 Å². The van der Waals surface area contributed by atoms with Crippen molar-refractivity contribution < 1.29 is 13.8 Å². The van der Waals surface area contributed by atoms with Gasteiger partial charge < -0.3 is 14.3 Å². The summed E-state index contributed by atoms with van der Waals surface area (Å²) in [5, 5.41) is 2.60. The van der Waals surface area contributed by atoms with Crippen LogP contribution in [0.3, 0.4) is 0 Å². The zero-order chi connectivity index (χ0) is 24.8. The number of ether oxygens (including phenoxy) is 1. The Labute approximate surface area is 211 Å². The number of hydrogen-bond acceptors (Lipinski definition) is 4. The van der Waals surface area contributed by atoms with Crippen LogP contribution in [0.1, 0.15) is 57.4 Å². The minimum atomic E-state index is -0.693. The number of carbonyl (C=O) groups is 1. The largest absolute Gasteiger partial charge is 0.489 e. The summed E-state index contributed by atoms with van der Waals surface area (Å²) in [5.41, 5.74) is 4.90. The summed E-state index contributed by atoms with van der Waals surface area (Å²) in [7, 11) is 0. The van der Waals surface area contributed by atoms with Crippen LogP contribution in [0.15, 0.2) is 65.3 Å². The lowest BCUT2D eigenvalue weighted by Crippen LogP contribution is -2.25. The van der Waals surface area contributed by atoms with Crippen LogP contribution in [0.4, 0.5) is 4.79 Å². The molecule has 0 spiro atoms. The van der Waals surface area contributed by atoms with Crippen LogP contribution in [0, 0.1) is 0 Å². The van der Waals surface area contributed by atoms with Gasteiger partial charge in [-0.05, 0) is 55.2 Å². The van der Waals surface area contributed by atoms with Crippen molar-refractivity contribution in [1.82, 2.24) is 5.32 Å². The molecule has 1 N–H and O–H groups in total. The molecule has 2 aromatic rings. The van der Waals surface area contributed by atoms with E-state index in [1.54, 1.807) is 6.20 Å². The minimum absolute atomic E-state index is 0.236. The van der Waals surface area contributed by atoms with Crippen molar-refractivity contribution in [2.75, 3.05) is 6.61 Å². The van der Waals surface area contributed by atoms with E-state index in [9.17, 15) is 4.79 Å². The van der Waals surface area contributed by atoms with Crippen LogP contribution in [0.2, 0.25) is 0 Å². The van der Waals surface area contributed by atoms with E-state index >= 15 is 0 Å². The molecule has 0 aliphatic carbocycles. The van der Waals surface area contributed by atoms with Gasteiger partial charge in [-0.25, -0.2) is 4.79 Å². The van der Waals surface area contributed by atoms with Gasteiger partial charge in [0.05, 0.1) is 6.04 Å². The van der Waals surface area contributed by atoms with Gasteiger partial charge in [-0.2, -0.15) is 0 Å². The summed E-state index contributed by atoms with van der Waals surface area (Å²) < 4.78 is 9.89. The second-order valence-electron chi connectivity index (χ2n) is 7.07. The maximum Gasteiger partial charge on any atom is 0.425 e. The van der Waals surface area contributed by atoms with Gasteiger partial charge in [0.25, 0.3) is 0 Å².